The van der Waals surface area contributed by atoms with E-state index in [0.717, 1.165) is 74.3 Å². The summed E-state index contributed by atoms with van der Waals surface area (Å²) in [5.41, 5.74) is 3.69. The third-order valence-corrected chi connectivity index (χ3v) is 6.00. The molecule has 1 saturated heterocycles. The predicted molar refractivity (Wildman–Crippen MR) is 116 cm³/mol. The zero-order chi connectivity index (χ0) is 20.3. The lowest BCUT2D eigenvalue weighted by atomic mass is 10.1. The van der Waals surface area contributed by atoms with Crippen LogP contribution in [0.4, 0.5) is 5.82 Å². The van der Waals surface area contributed by atoms with E-state index in [9.17, 15) is 0 Å². The summed E-state index contributed by atoms with van der Waals surface area (Å²) in [5, 5.41) is 0. The van der Waals surface area contributed by atoms with E-state index in [4.69, 9.17) is 19.1 Å². The van der Waals surface area contributed by atoms with Crippen LogP contribution in [0.15, 0.2) is 46.9 Å². The Morgan fingerprint density at radius 2 is 1.73 bits per heavy atom. The van der Waals surface area contributed by atoms with Gasteiger partial charge in [-0.15, -0.1) is 0 Å². The molecule has 0 unspecified atom stereocenters. The summed E-state index contributed by atoms with van der Waals surface area (Å²) >= 11 is 0. The second-order valence-corrected chi connectivity index (χ2v) is 8.08. The number of rotatable bonds is 6. The number of piperazine rings is 1. The van der Waals surface area contributed by atoms with Gasteiger partial charge >= 0.3 is 0 Å². The monoisotopic (exact) mass is 404 g/mol. The van der Waals surface area contributed by atoms with Gasteiger partial charge in [0, 0.05) is 50.1 Å². The van der Waals surface area contributed by atoms with Gasteiger partial charge in [0.2, 0.25) is 0 Å². The van der Waals surface area contributed by atoms with Crippen molar-refractivity contribution in [1.82, 2.24) is 14.9 Å². The molecule has 0 atom stereocenters. The molecule has 1 aliphatic heterocycles. The lowest BCUT2D eigenvalue weighted by molar-refractivity contribution is 0.158. The smallest absolute Gasteiger partial charge is 0.161 e. The van der Waals surface area contributed by atoms with E-state index in [0.29, 0.717) is 6.61 Å². The molecule has 0 spiro atoms. The molecule has 3 heterocycles. The molecule has 0 saturated carbocycles. The molecule has 2 aliphatic rings. The fraction of sp³-hybridized carbons (Fsp3) is 0.417. The van der Waals surface area contributed by atoms with Crippen molar-refractivity contribution in [3.63, 3.8) is 0 Å². The van der Waals surface area contributed by atoms with Crippen molar-refractivity contribution in [2.45, 2.75) is 32.4 Å². The number of benzene rings is 1. The molecule has 3 aromatic rings. The molecule has 0 N–H and O–H groups in total. The highest BCUT2D eigenvalue weighted by atomic mass is 16.5. The Labute approximate surface area is 177 Å². The van der Waals surface area contributed by atoms with Crippen LogP contribution in [0.5, 0.6) is 0 Å². The number of hydrogen-bond donors (Lipinski definition) is 0. The third-order valence-electron chi connectivity index (χ3n) is 6.00. The van der Waals surface area contributed by atoms with E-state index in [-0.39, 0.29) is 0 Å². The van der Waals surface area contributed by atoms with E-state index in [1.54, 1.807) is 7.11 Å². The molecule has 1 aromatic carbocycles. The van der Waals surface area contributed by atoms with Crippen molar-refractivity contribution < 1.29 is 9.15 Å². The normalized spacial score (nSPS) is 16.8. The first kappa shape index (κ1) is 19.3. The van der Waals surface area contributed by atoms with Crippen LogP contribution in [-0.4, -0.2) is 48.2 Å². The molecule has 6 heteroatoms. The van der Waals surface area contributed by atoms with E-state index < -0.39 is 0 Å². The molecule has 156 valence electrons. The van der Waals surface area contributed by atoms with E-state index in [2.05, 4.69) is 40.1 Å². The van der Waals surface area contributed by atoms with Gasteiger partial charge in [0.05, 0.1) is 6.54 Å². The average Bonchev–Trinajstić information content (AvgIpc) is 3.44. The Hall–Kier alpha value is -2.70. The molecular formula is C24H28N4O2. The minimum Gasteiger partial charge on any atom is -0.462 e. The van der Waals surface area contributed by atoms with Gasteiger partial charge in [-0.3, -0.25) is 4.90 Å². The van der Waals surface area contributed by atoms with Crippen LogP contribution in [-0.2, 0) is 30.7 Å². The highest BCUT2D eigenvalue weighted by Gasteiger charge is 2.26. The SMILES string of the molecule is COCc1ccc(CN2CCN(c3nc(-c4ccccc4)nc4c3CCC4)CC2)o1. The van der Waals surface area contributed by atoms with Gasteiger partial charge in [-0.1, -0.05) is 30.3 Å². The predicted octanol–water partition coefficient (Wildman–Crippen LogP) is 3.69. The first-order valence-electron chi connectivity index (χ1n) is 10.8. The van der Waals surface area contributed by atoms with Crippen molar-refractivity contribution in [3.8, 4) is 11.4 Å². The van der Waals surface area contributed by atoms with E-state index in [1.165, 1.54) is 17.7 Å². The molecule has 5 rings (SSSR count). The van der Waals surface area contributed by atoms with Gasteiger partial charge < -0.3 is 14.1 Å². The van der Waals surface area contributed by atoms with Gasteiger partial charge in [0.15, 0.2) is 5.82 Å². The van der Waals surface area contributed by atoms with Crippen LogP contribution in [0.2, 0.25) is 0 Å². The number of furan rings is 1. The molecule has 6 nitrogen and oxygen atoms in total. The maximum atomic E-state index is 5.86. The summed E-state index contributed by atoms with van der Waals surface area (Å²) in [7, 11) is 1.69. The highest BCUT2D eigenvalue weighted by molar-refractivity contribution is 5.61. The molecule has 30 heavy (non-hydrogen) atoms. The minimum absolute atomic E-state index is 0.524. The summed E-state index contributed by atoms with van der Waals surface area (Å²) in [4.78, 5) is 14.8. The zero-order valence-electron chi connectivity index (χ0n) is 17.5. The van der Waals surface area contributed by atoms with Crippen molar-refractivity contribution in [2.75, 3.05) is 38.2 Å². The average molecular weight is 405 g/mol. The molecule has 1 fully saturated rings. The van der Waals surface area contributed by atoms with E-state index in [1.807, 2.05) is 12.1 Å². The number of aryl methyl sites for hydroxylation is 1. The Balaban J connectivity index is 1.30. The topological polar surface area (TPSA) is 54.6 Å². The molecule has 0 bridgehead atoms. The highest BCUT2D eigenvalue weighted by Crippen LogP contribution is 2.32. The Bertz CT molecular complexity index is 994. The maximum Gasteiger partial charge on any atom is 0.161 e. The molecule has 2 aromatic heterocycles. The summed E-state index contributed by atoms with van der Waals surface area (Å²) in [5.74, 6) is 3.90. The summed E-state index contributed by atoms with van der Waals surface area (Å²) in [6, 6.07) is 14.4. The van der Waals surface area contributed by atoms with Crippen molar-refractivity contribution >= 4 is 5.82 Å². The van der Waals surface area contributed by atoms with Crippen LogP contribution < -0.4 is 4.90 Å². The largest absolute Gasteiger partial charge is 0.462 e. The van der Waals surface area contributed by atoms with Crippen LogP contribution >= 0.6 is 0 Å². The Morgan fingerprint density at radius 1 is 0.933 bits per heavy atom. The maximum absolute atomic E-state index is 5.86. The Morgan fingerprint density at radius 3 is 2.53 bits per heavy atom. The molecule has 1 aliphatic carbocycles. The number of anilines is 1. The van der Waals surface area contributed by atoms with Crippen LogP contribution in [0, 0.1) is 0 Å². The first-order valence-corrected chi connectivity index (χ1v) is 10.8. The number of fused-ring (bicyclic) bond motifs is 1. The van der Waals surface area contributed by atoms with Gasteiger partial charge in [-0.2, -0.15) is 0 Å². The van der Waals surface area contributed by atoms with E-state index >= 15 is 0 Å². The standard InChI is InChI=1S/C24H28N4O2/c1-29-17-20-11-10-19(30-20)16-27-12-14-28(15-13-27)24-21-8-5-9-22(21)25-23(26-24)18-6-3-2-4-7-18/h2-4,6-7,10-11H,5,8-9,12-17H2,1H3. The molecule has 0 radical (unpaired) electrons. The lowest BCUT2D eigenvalue weighted by Crippen LogP contribution is -2.46. The second-order valence-electron chi connectivity index (χ2n) is 8.08. The Kier molecular flexibility index (Phi) is 5.51. The van der Waals surface area contributed by atoms with Gasteiger partial charge in [-0.25, -0.2) is 9.97 Å². The van der Waals surface area contributed by atoms with Gasteiger partial charge in [0.1, 0.15) is 23.9 Å². The molecular weight excluding hydrogens is 376 g/mol. The second kappa shape index (κ2) is 8.58. The van der Waals surface area contributed by atoms with Crippen LogP contribution in [0.3, 0.4) is 0 Å². The van der Waals surface area contributed by atoms with Crippen LogP contribution in [0.25, 0.3) is 11.4 Å². The fourth-order valence-electron chi connectivity index (χ4n) is 4.46. The number of aromatic nitrogens is 2. The molecule has 0 amide bonds. The third kappa shape index (κ3) is 3.98. The van der Waals surface area contributed by atoms with Crippen molar-refractivity contribution in [3.05, 3.63) is 65.2 Å². The number of ether oxygens (including phenoxy) is 1. The fourth-order valence-corrected chi connectivity index (χ4v) is 4.46. The van der Waals surface area contributed by atoms with Crippen molar-refractivity contribution in [2.24, 2.45) is 0 Å². The van der Waals surface area contributed by atoms with Crippen LogP contribution in [0.1, 0.15) is 29.2 Å². The first-order chi connectivity index (χ1) is 14.8. The summed E-state index contributed by atoms with van der Waals surface area (Å²) in [6.07, 6.45) is 3.33. The zero-order valence-corrected chi connectivity index (χ0v) is 17.5. The van der Waals surface area contributed by atoms with Gasteiger partial charge in [0.25, 0.3) is 0 Å². The number of nitrogens with zero attached hydrogens (tertiary/aromatic N) is 4. The quantitative estimate of drug-likeness (QED) is 0.625. The number of hydrogen-bond acceptors (Lipinski definition) is 6. The number of methoxy groups -OCH3 is 1. The summed E-state index contributed by atoms with van der Waals surface area (Å²) in [6.45, 7) is 5.32. The lowest BCUT2D eigenvalue weighted by Gasteiger charge is -2.36. The van der Waals surface area contributed by atoms with Crippen molar-refractivity contribution in [1.29, 1.82) is 0 Å². The minimum atomic E-state index is 0.524. The van der Waals surface area contributed by atoms with Gasteiger partial charge in [-0.05, 0) is 31.4 Å². The summed E-state index contributed by atoms with van der Waals surface area (Å²) < 4.78 is 11.0.